The van der Waals surface area contributed by atoms with Crippen molar-refractivity contribution >= 4 is 23.2 Å². The van der Waals surface area contributed by atoms with Gasteiger partial charge in [-0.3, -0.25) is 9.59 Å². The fourth-order valence-corrected chi connectivity index (χ4v) is 1.98. The first-order valence-electron chi connectivity index (χ1n) is 7.32. The Hall–Kier alpha value is -1.88. The summed E-state index contributed by atoms with van der Waals surface area (Å²) in [5.41, 5.74) is 7.14. The first kappa shape index (κ1) is 17.2. The van der Waals surface area contributed by atoms with Crippen molar-refractivity contribution in [2.24, 2.45) is 11.7 Å². The average Bonchev–Trinajstić information content (AvgIpc) is 2.39. The van der Waals surface area contributed by atoms with E-state index in [0.717, 1.165) is 24.9 Å². The lowest BCUT2D eigenvalue weighted by Gasteiger charge is -2.13. The van der Waals surface area contributed by atoms with Gasteiger partial charge in [0.1, 0.15) is 0 Å². The summed E-state index contributed by atoms with van der Waals surface area (Å²) in [6.07, 6.45) is 2.72. The minimum Gasteiger partial charge on any atom is -0.328 e. The number of amides is 2. The molecular formula is C16H25N3O2. The summed E-state index contributed by atoms with van der Waals surface area (Å²) < 4.78 is 0. The van der Waals surface area contributed by atoms with E-state index in [1.54, 1.807) is 24.3 Å². The highest BCUT2D eigenvalue weighted by molar-refractivity contribution is 5.93. The van der Waals surface area contributed by atoms with E-state index >= 15 is 0 Å². The number of carbonyl (C=O) groups is 2. The molecule has 0 aliphatic heterocycles. The number of benzene rings is 1. The molecule has 4 N–H and O–H groups in total. The van der Waals surface area contributed by atoms with Crippen LogP contribution in [0.2, 0.25) is 0 Å². The summed E-state index contributed by atoms with van der Waals surface area (Å²) in [4.78, 5) is 23.0. The number of anilines is 2. The molecule has 1 aromatic carbocycles. The quantitative estimate of drug-likeness (QED) is 0.722. The normalized spacial score (nSPS) is 13.3. The summed E-state index contributed by atoms with van der Waals surface area (Å²) in [5.74, 6) is -0.153. The van der Waals surface area contributed by atoms with E-state index in [1.165, 1.54) is 6.92 Å². The largest absolute Gasteiger partial charge is 0.328 e. The first-order valence-corrected chi connectivity index (χ1v) is 7.32. The van der Waals surface area contributed by atoms with Crippen LogP contribution in [0.4, 0.5) is 11.4 Å². The maximum absolute atomic E-state index is 12.0. The molecule has 0 saturated heterocycles. The molecule has 5 nitrogen and oxygen atoms in total. The molecule has 0 bridgehead atoms. The van der Waals surface area contributed by atoms with E-state index in [2.05, 4.69) is 10.6 Å². The van der Waals surface area contributed by atoms with Gasteiger partial charge in [-0.2, -0.15) is 0 Å². The number of hydrogen-bond acceptors (Lipinski definition) is 3. The third kappa shape index (κ3) is 6.90. The predicted molar refractivity (Wildman–Crippen MR) is 86.0 cm³/mol. The number of nitrogens with one attached hydrogen (secondary N) is 2. The molecule has 1 rings (SSSR count). The summed E-state index contributed by atoms with van der Waals surface area (Å²) >= 11 is 0. The molecule has 0 aliphatic carbocycles. The van der Waals surface area contributed by atoms with Gasteiger partial charge in [0.25, 0.3) is 0 Å². The van der Waals surface area contributed by atoms with Crippen molar-refractivity contribution in [3.63, 3.8) is 0 Å². The lowest BCUT2D eigenvalue weighted by atomic mass is 10.0. The van der Waals surface area contributed by atoms with Crippen LogP contribution in [-0.2, 0) is 9.59 Å². The Morgan fingerprint density at radius 2 is 1.57 bits per heavy atom. The van der Waals surface area contributed by atoms with E-state index in [4.69, 9.17) is 5.73 Å². The molecule has 0 fully saturated rings. The molecule has 0 saturated carbocycles. The zero-order valence-corrected chi connectivity index (χ0v) is 13.0. The number of nitrogens with two attached hydrogens (primary N) is 1. The van der Waals surface area contributed by atoms with Crippen molar-refractivity contribution in [2.45, 2.75) is 46.1 Å². The Balaban J connectivity index is 2.44. The maximum Gasteiger partial charge on any atom is 0.227 e. The first-order chi connectivity index (χ1) is 9.88. The van der Waals surface area contributed by atoms with Gasteiger partial charge >= 0.3 is 0 Å². The van der Waals surface area contributed by atoms with Gasteiger partial charge in [-0.15, -0.1) is 0 Å². The number of rotatable bonds is 7. The Morgan fingerprint density at radius 1 is 1.05 bits per heavy atom. The Bertz CT molecular complexity index is 469. The molecule has 21 heavy (non-hydrogen) atoms. The minimum absolute atomic E-state index is 0.00644. The summed E-state index contributed by atoms with van der Waals surface area (Å²) in [6, 6.07) is 7.26. The van der Waals surface area contributed by atoms with E-state index in [9.17, 15) is 9.59 Å². The van der Waals surface area contributed by atoms with E-state index in [0.29, 0.717) is 5.69 Å². The van der Waals surface area contributed by atoms with Gasteiger partial charge in [0.15, 0.2) is 0 Å². The molecule has 2 atom stereocenters. The third-order valence-electron chi connectivity index (χ3n) is 3.22. The van der Waals surface area contributed by atoms with Gasteiger partial charge in [0.2, 0.25) is 11.8 Å². The molecule has 0 heterocycles. The van der Waals surface area contributed by atoms with Gasteiger partial charge in [-0.1, -0.05) is 13.3 Å². The predicted octanol–water partition coefficient (Wildman–Crippen LogP) is 2.74. The van der Waals surface area contributed by atoms with Crippen LogP contribution in [0.15, 0.2) is 24.3 Å². The molecule has 0 aromatic heterocycles. The summed E-state index contributed by atoms with van der Waals surface area (Å²) in [5, 5.41) is 5.56. The second-order valence-electron chi connectivity index (χ2n) is 5.56. The molecule has 0 radical (unpaired) electrons. The average molecular weight is 291 g/mol. The highest BCUT2D eigenvalue weighted by Gasteiger charge is 2.13. The fourth-order valence-electron chi connectivity index (χ4n) is 1.98. The molecule has 5 heteroatoms. The minimum atomic E-state index is -0.116. The highest BCUT2D eigenvalue weighted by Crippen LogP contribution is 2.16. The van der Waals surface area contributed by atoms with Gasteiger partial charge < -0.3 is 16.4 Å². The van der Waals surface area contributed by atoms with Crippen LogP contribution in [0, 0.1) is 5.92 Å². The van der Waals surface area contributed by atoms with Gasteiger partial charge in [-0.05, 0) is 44.0 Å². The molecular weight excluding hydrogens is 266 g/mol. The van der Waals surface area contributed by atoms with Crippen LogP contribution in [0.25, 0.3) is 0 Å². The highest BCUT2D eigenvalue weighted by atomic mass is 16.2. The number of carbonyl (C=O) groups excluding carboxylic acids is 2. The van der Waals surface area contributed by atoms with Crippen molar-refractivity contribution in [1.82, 2.24) is 0 Å². The van der Waals surface area contributed by atoms with Crippen LogP contribution in [0.3, 0.4) is 0 Å². The molecule has 116 valence electrons. The van der Waals surface area contributed by atoms with Crippen molar-refractivity contribution in [1.29, 1.82) is 0 Å². The second kappa shape index (κ2) is 8.42. The lowest BCUT2D eigenvalue weighted by Crippen LogP contribution is -2.21. The van der Waals surface area contributed by atoms with Gasteiger partial charge in [0.05, 0.1) is 0 Å². The SMILES string of the molecule is CC(=O)Nc1ccc(NC(=O)C(C)CCCC(C)N)cc1. The maximum atomic E-state index is 12.0. The molecule has 2 unspecified atom stereocenters. The topological polar surface area (TPSA) is 84.2 Å². The van der Waals surface area contributed by atoms with E-state index in [-0.39, 0.29) is 23.8 Å². The smallest absolute Gasteiger partial charge is 0.227 e. The van der Waals surface area contributed by atoms with Crippen LogP contribution < -0.4 is 16.4 Å². The van der Waals surface area contributed by atoms with Crippen molar-refractivity contribution in [3.05, 3.63) is 24.3 Å². The Kier molecular flexibility index (Phi) is 6.88. The third-order valence-corrected chi connectivity index (χ3v) is 3.22. The van der Waals surface area contributed by atoms with Crippen molar-refractivity contribution in [3.8, 4) is 0 Å². The fraction of sp³-hybridized carbons (Fsp3) is 0.500. The monoisotopic (exact) mass is 291 g/mol. The summed E-state index contributed by atoms with van der Waals surface area (Å²) in [6.45, 7) is 5.35. The van der Waals surface area contributed by atoms with Crippen LogP contribution in [-0.4, -0.2) is 17.9 Å². The molecule has 0 aliphatic rings. The van der Waals surface area contributed by atoms with Gasteiger partial charge in [-0.25, -0.2) is 0 Å². The molecule has 2 amide bonds. The second-order valence-corrected chi connectivity index (χ2v) is 5.56. The van der Waals surface area contributed by atoms with E-state index < -0.39 is 0 Å². The Labute approximate surface area is 126 Å². The van der Waals surface area contributed by atoms with Crippen molar-refractivity contribution in [2.75, 3.05) is 10.6 Å². The van der Waals surface area contributed by atoms with E-state index in [1.807, 2.05) is 13.8 Å². The van der Waals surface area contributed by atoms with Crippen LogP contribution in [0.5, 0.6) is 0 Å². The lowest BCUT2D eigenvalue weighted by molar-refractivity contribution is -0.119. The molecule has 1 aromatic rings. The summed E-state index contributed by atoms with van der Waals surface area (Å²) in [7, 11) is 0. The standard InChI is InChI=1S/C16H25N3O2/c1-11(5-4-6-12(2)17)16(21)19-15-9-7-14(8-10-15)18-13(3)20/h7-12H,4-6,17H2,1-3H3,(H,18,20)(H,19,21). The Morgan fingerprint density at radius 3 is 2.05 bits per heavy atom. The van der Waals surface area contributed by atoms with Gasteiger partial charge in [0, 0.05) is 30.3 Å². The molecule has 0 spiro atoms. The van der Waals surface area contributed by atoms with Crippen LogP contribution >= 0.6 is 0 Å². The number of hydrogen-bond donors (Lipinski definition) is 3. The van der Waals surface area contributed by atoms with Crippen LogP contribution in [0.1, 0.15) is 40.0 Å². The zero-order chi connectivity index (χ0) is 15.8. The zero-order valence-electron chi connectivity index (χ0n) is 13.0. The van der Waals surface area contributed by atoms with Crippen molar-refractivity contribution < 1.29 is 9.59 Å².